The summed E-state index contributed by atoms with van der Waals surface area (Å²) in [5.41, 5.74) is 0. The lowest BCUT2D eigenvalue weighted by atomic mass is 10.1. The first kappa shape index (κ1) is 11.2. The van der Waals surface area contributed by atoms with E-state index in [0.717, 1.165) is 31.7 Å². The molecule has 1 aromatic rings. The Kier molecular flexibility index (Phi) is 4.62. The van der Waals surface area contributed by atoms with Gasteiger partial charge in [0.1, 0.15) is 5.82 Å². The van der Waals surface area contributed by atoms with Crippen molar-refractivity contribution in [1.82, 2.24) is 15.3 Å². The Balaban J connectivity index is 0.000000980. The summed E-state index contributed by atoms with van der Waals surface area (Å²) in [7, 11) is 0. The van der Waals surface area contributed by atoms with Crippen molar-refractivity contribution in [3.8, 4) is 0 Å². The third-order valence-corrected chi connectivity index (χ3v) is 2.25. The van der Waals surface area contributed by atoms with Crippen molar-refractivity contribution in [1.29, 1.82) is 0 Å². The summed E-state index contributed by atoms with van der Waals surface area (Å²) in [6, 6.07) is 0.554. The van der Waals surface area contributed by atoms with Gasteiger partial charge in [-0.3, -0.25) is 4.98 Å². The third kappa shape index (κ3) is 3.12. The van der Waals surface area contributed by atoms with Crippen LogP contribution in [0, 0.1) is 0 Å². The highest BCUT2D eigenvalue weighted by molar-refractivity contribution is 5.85. The second-order valence-electron chi connectivity index (χ2n) is 3.26. The molecule has 0 aliphatic carbocycles. The van der Waals surface area contributed by atoms with Crippen molar-refractivity contribution >= 4 is 18.2 Å². The predicted molar refractivity (Wildman–Crippen MR) is 58.8 cm³/mol. The van der Waals surface area contributed by atoms with Crippen molar-refractivity contribution in [2.75, 3.05) is 18.4 Å². The molecule has 1 aromatic heterocycles. The van der Waals surface area contributed by atoms with Crippen molar-refractivity contribution in [3.63, 3.8) is 0 Å². The van der Waals surface area contributed by atoms with E-state index >= 15 is 0 Å². The Morgan fingerprint density at radius 1 is 1.29 bits per heavy atom. The van der Waals surface area contributed by atoms with Gasteiger partial charge in [0.05, 0.1) is 6.20 Å². The van der Waals surface area contributed by atoms with E-state index in [1.54, 1.807) is 18.6 Å². The van der Waals surface area contributed by atoms with Gasteiger partial charge in [0, 0.05) is 18.4 Å². The van der Waals surface area contributed by atoms with Crippen LogP contribution < -0.4 is 10.6 Å². The largest absolute Gasteiger partial charge is 0.366 e. The van der Waals surface area contributed by atoms with Crippen LogP contribution in [0.3, 0.4) is 0 Å². The molecule has 1 saturated heterocycles. The first-order valence-electron chi connectivity index (χ1n) is 4.68. The van der Waals surface area contributed by atoms with Gasteiger partial charge in [-0.2, -0.15) is 0 Å². The molecular weight excluding hydrogens is 200 g/mol. The lowest BCUT2D eigenvalue weighted by molar-refractivity contribution is 0.478. The molecule has 5 heteroatoms. The van der Waals surface area contributed by atoms with Gasteiger partial charge in [-0.15, -0.1) is 12.4 Å². The fourth-order valence-corrected chi connectivity index (χ4v) is 1.55. The first-order chi connectivity index (χ1) is 6.45. The van der Waals surface area contributed by atoms with Gasteiger partial charge in [-0.1, -0.05) is 0 Å². The summed E-state index contributed by atoms with van der Waals surface area (Å²) in [6.07, 6.45) is 7.49. The molecule has 0 amide bonds. The van der Waals surface area contributed by atoms with Crippen LogP contribution in [0.4, 0.5) is 5.82 Å². The minimum absolute atomic E-state index is 0. The lowest BCUT2D eigenvalue weighted by Crippen LogP contribution is -2.35. The highest BCUT2D eigenvalue weighted by Gasteiger charge is 2.12. The summed E-state index contributed by atoms with van der Waals surface area (Å²) in [5, 5.41) is 6.69. The van der Waals surface area contributed by atoms with Crippen molar-refractivity contribution in [2.24, 2.45) is 0 Å². The number of piperidine rings is 1. The summed E-state index contributed by atoms with van der Waals surface area (Å²) < 4.78 is 0. The molecule has 4 nitrogen and oxygen atoms in total. The van der Waals surface area contributed by atoms with E-state index < -0.39 is 0 Å². The van der Waals surface area contributed by atoms with Gasteiger partial charge in [0.15, 0.2) is 0 Å². The summed E-state index contributed by atoms with van der Waals surface area (Å²) in [4.78, 5) is 8.19. The summed E-state index contributed by atoms with van der Waals surface area (Å²) >= 11 is 0. The van der Waals surface area contributed by atoms with Gasteiger partial charge in [0.25, 0.3) is 0 Å². The SMILES string of the molecule is Cl.c1cnc(NC2CCNCC2)cn1. The zero-order chi connectivity index (χ0) is 8.93. The smallest absolute Gasteiger partial charge is 0.144 e. The van der Waals surface area contributed by atoms with Crippen LogP contribution in [-0.2, 0) is 0 Å². The Labute approximate surface area is 89.9 Å². The topological polar surface area (TPSA) is 49.8 Å². The molecule has 1 fully saturated rings. The summed E-state index contributed by atoms with van der Waals surface area (Å²) in [6.45, 7) is 2.19. The third-order valence-electron chi connectivity index (χ3n) is 2.25. The molecule has 2 N–H and O–H groups in total. The van der Waals surface area contributed by atoms with E-state index in [0.29, 0.717) is 6.04 Å². The minimum Gasteiger partial charge on any atom is -0.366 e. The molecule has 0 radical (unpaired) electrons. The van der Waals surface area contributed by atoms with Crippen LogP contribution in [0.1, 0.15) is 12.8 Å². The van der Waals surface area contributed by atoms with Crippen molar-refractivity contribution in [2.45, 2.75) is 18.9 Å². The highest BCUT2D eigenvalue weighted by atomic mass is 35.5. The fourth-order valence-electron chi connectivity index (χ4n) is 1.55. The van der Waals surface area contributed by atoms with E-state index in [-0.39, 0.29) is 12.4 Å². The molecule has 2 heterocycles. The molecule has 1 aliphatic heterocycles. The second-order valence-corrected chi connectivity index (χ2v) is 3.26. The van der Waals surface area contributed by atoms with Gasteiger partial charge in [0.2, 0.25) is 0 Å². The molecule has 0 atom stereocenters. The number of hydrogen-bond donors (Lipinski definition) is 2. The normalized spacial score (nSPS) is 17.1. The van der Waals surface area contributed by atoms with Crippen LogP contribution in [-0.4, -0.2) is 29.1 Å². The maximum atomic E-state index is 4.18. The lowest BCUT2D eigenvalue weighted by Gasteiger charge is -2.23. The first-order valence-corrected chi connectivity index (χ1v) is 4.68. The van der Waals surface area contributed by atoms with Crippen LogP contribution >= 0.6 is 12.4 Å². The average molecular weight is 215 g/mol. The number of halogens is 1. The monoisotopic (exact) mass is 214 g/mol. The number of hydrogen-bond acceptors (Lipinski definition) is 4. The van der Waals surface area contributed by atoms with Crippen LogP contribution in [0.25, 0.3) is 0 Å². The highest BCUT2D eigenvalue weighted by Crippen LogP contribution is 2.08. The number of nitrogens with zero attached hydrogens (tertiary/aromatic N) is 2. The summed E-state index contributed by atoms with van der Waals surface area (Å²) in [5.74, 6) is 0.884. The van der Waals surface area contributed by atoms with Gasteiger partial charge < -0.3 is 10.6 Å². The molecule has 14 heavy (non-hydrogen) atoms. The quantitative estimate of drug-likeness (QED) is 0.773. The van der Waals surface area contributed by atoms with E-state index in [1.807, 2.05) is 0 Å². The van der Waals surface area contributed by atoms with E-state index in [2.05, 4.69) is 20.6 Å². The molecule has 0 spiro atoms. The maximum absolute atomic E-state index is 4.18. The zero-order valence-electron chi connectivity index (χ0n) is 7.94. The number of nitrogens with one attached hydrogen (secondary N) is 2. The molecule has 2 rings (SSSR count). The Morgan fingerprint density at radius 3 is 2.71 bits per heavy atom. The van der Waals surface area contributed by atoms with Crippen LogP contribution in [0.2, 0.25) is 0 Å². The number of anilines is 1. The Morgan fingerprint density at radius 2 is 2.07 bits per heavy atom. The molecule has 0 aromatic carbocycles. The standard InChI is InChI=1S/C9H14N4.ClH/c1-3-10-4-2-8(1)13-9-7-11-5-6-12-9;/h5-8,10H,1-4H2,(H,12,13);1H. The number of aromatic nitrogens is 2. The molecule has 0 unspecified atom stereocenters. The van der Waals surface area contributed by atoms with Gasteiger partial charge in [-0.25, -0.2) is 4.98 Å². The Bertz CT molecular complexity index is 248. The molecular formula is C9H15ClN4. The molecule has 1 aliphatic rings. The van der Waals surface area contributed by atoms with Crippen LogP contribution in [0.15, 0.2) is 18.6 Å². The fraction of sp³-hybridized carbons (Fsp3) is 0.556. The molecule has 78 valence electrons. The zero-order valence-corrected chi connectivity index (χ0v) is 8.76. The number of rotatable bonds is 2. The Hall–Kier alpha value is -0.870. The van der Waals surface area contributed by atoms with Crippen molar-refractivity contribution < 1.29 is 0 Å². The average Bonchev–Trinajstić information content (AvgIpc) is 2.21. The minimum atomic E-state index is 0. The van der Waals surface area contributed by atoms with Gasteiger partial charge >= 0.3 is 0 Å². The predicted octanol–water partition coefficient (Wildman–Crippen LogP) is 1.06. The van der Waals surface area contributed by atoms with Crippen molar-refractivity contribution in [3.05, 3.63) is 18.6 Å². The maximum Gasteiger partial charge on any atom is 0.144 e. The van der Waals surface area contributed by atoms with E-state index in [1.165, 1.54) is 0 Å². The van der Waals surface area contributed by atoms with E-state index in [4.69, 9.17) is 0 Å². The van der Waals surface area contributed by atoms with Gasteiger partial charge in [-0.05, 0) is 25.9 Å². The second kappa shape index (κ2) is 5.78. The molecule has 0 saturated carbocycles. The molecule has 0 bridgehead atoms. The van der Waals surface area contributed by atoms with E-state index in [9.17, 15) is 0 Å². The van der Waals surface area contributed by atoms with Crippen LogP contribution in [0.5, 0.6) is 0 Å².